The van der Waals surface area contributed by atoms with Crippen LogP contribution in [0, 0.1) is 0 Å². The molecule has 0 aliphatic carbocycles. The molecule has 0 spiro atoms. The minimum atomic E-state index is -0.216. The van der Waals surface area contributed by atoms with Crippen LogP contribution in [0.4, 0.5) is 0 Å². The van der Waals surface area contributed by atoms with Crippen molar-refractivity contribution < 1.29 is 9.53 Å². The molecule has 1 aromatic rings. The molecule has 1 N–H and O–H groups in total. The number of aldehydes is 1. The standard InChI is InChI=1S/C13H16BrNO2/c14-11-3-1-10(2-4-11)13(9-16)15-12-5-7-17-8-6-12/h1-4,9,12-13,15H,5-8H2. The van der Waals surface area contributed by atoms with Gasteiger partial charge in [0.15, 0.2) is 0 Å². The first kappa shape index (κ1) is 12.7. The molecule has 0 amide bonds. The topological polar surface area (TPSA) is 38.3 Å². The van der Waals surface area contributed by atoms with Crippen LogP contribution in [0.15, 0.2) is 28.7 Å². The highest BCUT2D eigenvalue weighted by Crippen LogP contribution is 2.18. The van der Waals surface area contributed by atoms with Gasteiger partial charge in [0.2, 0.25) is 0 Å². The Morgan fingerprint density at radius 1 is 1.29 bits per heavy atom. The smallest absolute Gasteiger partial charge is 0.141 e. The predicted octanol–water partition coefficient (Wildman–Crippen LogP) is 2.46. The zero-order valence-electron chi connectivity index (χ0n) is 9.56. The van der Waals surface area contributed by atoms with Crippen LogP contribution in [0.2, 0.25) is 0 Å². The zero-order chi connectivity index (χ0) is 12.1. The molecular weight excluding hydrogens is 282 g/mol. The predicted molar refractivity (Wildman–Crippen MR) is 69.9 cm³/mol. The van der Waals surface area contributed by atoms with Crippen molar-refractivity contribution in [2.75, 3.05) is 13.2 Å². The molecular formula is C13H16BrNO2. The van der Waals surface area contributed by atoms with E-state index in [9.17, 15) is 4.79 Å². The van der Waals surface area contributed by atoms with Crippen LogP contribution < -0.4 is 5.32 Å². The van der Waals surface area contributed by atoms with Gasteiger partial charge in [0.05, 0.1) is 6.04 Å². The van der Waals surface area contributed by atoms with Crippen LogP contribution in [0.1, 0.15) is 24.4 Å². The normalized spacial score (nSPS) is 18.9. The fourth-order valence-corrected chi connectivity index (χ4v) is 2.27. The molecule has 92 valence electrons. The lowest BCUT2D eigenvalue weighted by Crippen LogP contribution is -2.37. The Bertz CT molecular complexity index is 360. The Labute approximate surface area is 110 Å². The Balaban J connectivity index is 2.00. The first-order valence-electron chi connectivity index (χ1n) is 5.84. The summed E-state index contributed by atoms with van der Waals surface area (Å²) in [5.74, 6) is 0. The summed E-state index contributed by atoms with van der Waals surface area (Å²) < 4.78 is 6.33. The summed E-state index contributed by atoms with van der Waals surface area (Å²) in [5.41, 5.74) is 1.01. The number of nitrogens with one attached hydrogen (secondary N) is 1. The number of carbonyl (C=O) groups is 1. The fourth-order valence-electron chi connectivity index (χ4n) is 2.00. The van der Waals surface area contributed by atoms with Crippen LogP contribution in [0.5, 0.6) is 0 Å². The monoisotopic (exact) mass is 297 g/mol. The van der Waals surface area contributed by atoms with E-state index in [2.05, 4.69) is 21.2 Å². The van der Waals surface area contributed by atoms with Gasteiger partial charge in [0, 0.05) is 23.7 Å². The SMILES string of the molecule is O=CC(NC1CCOCC1)c1ccc(Br)cc1. The Morgan fingerprint density at radius 3 is 2.53 bits per heavy atom. The lowest BCUT2D eigenvalue weighted by molar-refractivity contribution is -0.110. The lowest BCUT2D eigenvalue weighted by atomic mass is 10.0. The van der Waals surface area contributed by atoms with Crippen molar-refractivity contribution in [3.8, 4) is 0 Å². The van der Waals surface area contributed by atoms with E-state index in [0.717, 1.165) is 42.4 Å². The summed E-state index contributed by atoms with van der Waals surface area (Å²) in [4.78, 5) is 11.2. The third-order valence-electron chi connectivity index (χ3n) is 3.00. The van der Waals surface area contributed by atoms with Gasteiger partial charge in [-0.3, -0.25) is 0 Å². The van der Waals surface area contributed by atoms with Gasteiger partial charge in [-0.1, -0.05) is 28.1 Å². The third kappa shape index (κ3) is 3.63. The minimum absolute atomic E-state index is 0.216. The van der Waals surface area contributed by atoms with Crippen LogP contribution in [-0.2, 0) is 9.53 Å². The second-order valence-corrected chi connectivity index (χ2v) is 5.13. The third-order valence-corrected chi connectivity index (χ3v) is 3.53. The molecule has 1 aliphatic rings. The van der Waals surface area contributed by atoms with E-state index >= 15 is 0 Å². The maximum atomic E-state index is 11.2. The van der Waals surface area contributed by atoms with E-state index in [4.69, 9.17) is 4.74 Å². The second-order valence-electron chi connectivity index (χ2n) is 4.22. The van der Waals surface area contributed by atoms with Gasteiger partial charge < -0.3 is 14.8 Å². The molecule has 0 radical (unpaired) electrons. The van der Waals surface area contributed by atoms with Gasteiger partial charge in [-0.15, -0.1) is 0 Å². The van der Waals surface area contributed by atoms with Gasteiger partial charge in [0.25, 0.3) is 0 Å². The first-order chi connectivity index (χ1) is 8.29. The molecule has 1 atom stereocenters. The highest BCUT2D eigenvalue weighted by molar-refractivity contribution is 9.10. The molecule has 1 fully saturated rings. The van der Waals surface area contributed by atoms with Crippen LogP contribution in [0.3, 0.4) is 0 Å². The van der Waals surface area contributed by atoms with Crippen LogP contribution >= 0.6 is 15.9 Å². The highest BCUT2D eigenvalue weighted by atomic mass is 79.9. The number of ether oxygens (including phenoxy) is 1. The largest absolute Gasteiger partial charge is 0.381 e. The van der Waals surface area contributed by atoms with Crippen LogP contribution in [0.25, 0.3) is 0 Å². The van der Waals surface area contributed by atoms with Gasteiger partial charge in [-0.25, -0.2) is 0 Å². The summed E-state index contributed by atoms with van der Waals surface area (Å²) in [6.45, 7) is 1.56. The fraction of sp³-hybridized carbons (Fsp3) is 0.462. The molecule has 0 saturated carbocycles. The van der Waals surface area contributed by atoms with E-state index in [0.29, 0.717) is 6.04 Å². The summed E-state index contributed by atoms with van der Waals surface area (Å²) in [7, 11) is 0. The van der Waals surface area contributed by atoms with Gasteiger partial charge >= 0.3 is 0 Å². The van der Waals surface area contributed by atoms with E-state index in [-0.39, 0.29) is 6.04 Å². The number of hydrogen-bond donors (Lipinski definition) is 1. The first-order valence-corrected chi connectivity index (χ1v) is 6.63. The molecule has 0 aromatic heterocycles. The summed E-state index contributed by atoms with van der Waals surface area (Å²) >= 11 is 3.39. The van der Waals surface area contributed by atoms with Gasteiger partial charge in [-0.05, 0) is 30.5 Å². The molecule has 17 heavy (non-hydrogen) atoms. The molecule has 0 bridgehead atoms. The average molecular weight is 298 g/mol. The molecule has 1 aromatic carbocycles. The van der Waals surface area contributed by atoms with Crippen molar-refractivity contribution in [3.05, 3.63) is 34.3 Å². The number of hydrogen-bond acceptors (Lipinski definition) is 3. The lowest BCUT2D eigenvalue weighted by Gasteiger charge is -2.26. The van der Waals surface area contributed by atoms with E-state index < -0.39 is 0 Å². The van der Waals surface area contributed by atoms with E-state index in [1.165, 1.54) is 0 Å². The maximum absolute atomic E-state index is 11.2. The zero-order valence-corrected chi connectivity index (χ0v) is 11.2. The molecule has 3 nitrogen and oxygen atoms in total. The van der Waals surface area contributed by atoms with Crippen molar-refractivity contribution in [2.45, 2.75) is 24.9 Å². The second kappa shape index (κ2) is 6.28. The summed E-state index contributed by atoms with van der Waals surface area (Å²) in [6.07, 6.45) is 2.92. The Hall–Kier alpha value is -0.710. The van der Waals surface area contributed by atoms with E-state index in [1.807, 2.05) is 24.3 Å². The summed E-state index contributed by atoms with van der Waals surface area (Å²) in [6, 6.07) is 8.01. The van der Waals surface area contributed by atoms with Crippen molar-refractivity contribution in [3.63, 3.8) is 0 Å². The van der Waals surface area contributed by atoms with Crippen LogP contribution in [-0.4, -0.2) is 25.5 Å². The number of rotatable bonds is 4. The van der Waals surface area contributed by atoms with Crippen molar-refractivity contribution in [1.82, 2.24) is 5.32 Å². The van der Waals surface area contributed by atoms with Crippen molar-refractivity contribution in [1.29, 1.82) is 0 Å². The molecule has 4 heteroatoms. The van der Waals surface area contributed by atoms with Crippen molar-refractivity contribution in [2.24, 2.45) is 0 Å². The minimum Gasteiger partial charge on any atom is -0.381 e. The van der Waals surface area contributed by atoms with Gasteiger partial charge in [-0.2, -0.15) is 0 Å². The maximum Gasteiger partial charge on any atom is 0.141 e. The number of carbonyl (C=O) groups excluding carboxylic acids is 1. The Morgan fingerprint density at radius 2 is 1.94 bits per heavy atom. The van der Waals surface area contributed by atoms with Crippen molar-refractivity contribution >= 4 is 22.2 Å². The average Bonchev–Trinajstić information content (AvgIpc) is 2.38. The molecule has 1 unspecified atom stereocenters. The van der Waals surface area contributed by atoms with E-state index in [1.54, 1.807) is 0 Å². The molecule has 1 heterocycles. The number of benzene rings is 1. The molecule has 1 saturated heterocycles. The number of halogens is 1. The quantitative estimate of drug-likeness (QED) is 0.868. The molecule has 1 aliphatic heterocycles. The summed E-state index contributed by atoms with van der Waals surface area (Å²) in [5, 5.41) is 3.38. The highest BCUT2D eigenvalue weighted by Gasteiger charge is 2.18. The van der Waals surface area contributed by atoms with Gasteiger partial charge in [0.1, 0.15) is 6.29 Å². The molecule has 2 rings (SSSR count). The Kier molecular flexibility index (Phi) is 4.71.